The molecule has 1 heterocycles. The van der Waals surface area contributed by atoms with Gasteiger partial charge in [-0.05, 0) is 48.4 Å². The van der Waals surface area contributed by atoms with Crippen LogP contribution in [-0.2, 0) is 0 Å². The van der Waals surface area contributed by atoms with Gasteiger partial charge in [0.15, 0.2) is 0 Å². The van der Waals surface area contributed by atoms with Gasteiger partial charge in [-0.1, -0.05) is 34.8 Å². The highest BCUT2D eigenvalue weighted by molar-refractivity contribution is 9.10. The lowest BCUT2D eigenvalue weighted by molar-refractivity contribution is 0.473. The Hall–Kier alpha value is -0.870. The van der Waals surface area contributed by atoms with Gasteiger partial charge >= 0.3 is 0 Å². The van der Waals surface area contributed by atoms with E-state index < -0.39 is 0 Å². The first-order chi connectivity index (χ1) is 9.74. The first-order valence-electron chi connectivity index (χ1n) is 6.99. The molecule has 1 N–H and O–H groups in total. The number of nitrogens with one attached hydrogen (secondary N) is 1. The Morgan fingerprint density at radius 2 is 2.05 bits per heavy atom. The van der Waals surface area contributed by atoms with Crippen LogP contribution in [0.15, 0.2) is 40.2 Å². The summed E-state index contributed by atoms with van der Waals surface area (Å²) in [5, 5.41) is 5.53. The zero-order valence-corrected chi connectivity index (χ0v) is 13.5. The van der Waals surface area contributed by atoms with Gasteiger partial charge in [0.1, 0.15) is 5.82 Å². The molecule has 1 unspecified atom stereocenters. The number of thiophene rings is 1. The van der Waals surface area contributed by atoms with Crippen LogP contribution in [0.2, 0.25) is 0 Å². The lowest BCUT2D eigenvalue weighted by atomic mass is 9.96. The van der Waals surface area contributed by atoms with Crippen molar-refractivity contribution in [2.45, 2.75) is 31.7 Å². The zero-order chi connectivity index (χ0) is 13.9. The summed E-state index contributed by atoms with van der Waals surface area (Å²) in [6.45, 7) is 0. The molecule has 1 aromatic carbocycles. The number of benzene rings is 1. The number of rotatable bonds is 4. The van der Waals surface area contributed by atoms with E-state index in [1.165, 1.54) is 36.6 Å². The van der Waals surface area contributed by atoms with E-state index in [9.17, 15) is 4.39 Å². The molecule has 4 heteroatoms. The maximum Gasteiger partial charge on any atom is 0.147 e. The lowest BCUT2D eigenvalue weighted by Gasteiger charge is -2.25. The third kappa shape index (κ3) is 3.07. The maximum atomic E-state index is 14.1. The lowest BCUT2D eigenvalue weighted by Crippen LogP contribution is -2.18. The summed E-state index contributed by atoms with van der Waals surface area (Å²) in [6.07, 6.45) is 5.04. The first kappa shape index (κ1) is 14.1. The summed E-state index contributed by atoms with van der Waals surface area (Å²) < 4.78 is 14.8. The SMILES string of the molecule is Fc1cc(Br)ccc1NC(c1cccs1)C1CCCC1. The summed E-state index contributed by atoms with van der Waals surface area (Å²) >= 11 is 5.05. The summed E-state index contributed by atoms with van der Waals surface area (Å²) in [4.78, 5) is 1.30. The second-order valence-corrected chi connectivity index (χ2v) is 7.20. The van der Waals surface area contributed by atoms with E-state index in [-0.39, 0.29) is 11.9 Å². The van der Waals surface area contributed by atoms with Gasteiger partial charge in [0.05, 0.1) is 11.7 Å². The van der Waals surface area contributed by atoms with Crippen LogP contribution in [-0.4, -0.2) is 0 Å². The van der Waals surface area contributed by atoms with E-state index in [2.05, 4.69) is 38.8 Å². The molecule has 106 valence electrons. The molecule has 2 aromatic rings. The van der Waals surface area contributed by atoms with Crippen LogP contribution in [0.4, 0.5) is 10.1 Å². The topological polar surface area (TPSA) is 12.0 Å². The second kappa shape index (κ2) is 6.27. The smallest absolute Gasteiger partial charge is 0.147 e. The maximum absolute atomic E-state index is 14.1. The average molecular weight is 354 g/mol. The van der Waals surface area contributed by atoms with Gasteiger partial charge in [-0.25, -0.2) is 4.39 Å². The van der Waals surface area contributed by atoms with E-state index in [4.69, 9.17) is 0 Å². The van der Waals surface area contributed by atoms with Crippen LogP contribution in [0.3, 0.4) is 0 Å². The molecular formula is C16H17BrFNS. The Morgan fingerprint density at radius 3 is 2.70 bits per heavy atom. The predicted molar refractivity (Wildman–Crippen MR) is 86.7 cm³/mol. The van der Waals surface area contributed by atoms with Crippen LogP contribution in [0.25, 0.3) is 0 Å². The third-order valence-electron chi connectivity index (χ3n) is 3.96. The summed E-state index contributed by atoms with van der Waals surface area (Å²) in [7, 11) is 0. The highest BCUT2D eigenvalue weighted by atomic mass is 79.9. The largest absolute Gasteiger partial charge is 0.375 e. The molecule has 0 amide bonds. The van der Waals surface area contributed by atoms with Crippen LogP contribution < -0.4 is 5.32 Å². The van der Waals surface area contributed by atoms with Crippen molar-refractivity contribution in [3.05, 3.63) is 50.9 Å². The van der Waals surface area contributed by atoms with Crippen molar-refractivity contribution in [3.63, 3.8) is 0 Å². The monoisotopic (exact) mass is 353 g/mol. The van der Waals surface area contributed by atoms with Gasteiger partial charge in [-0.3, -0.25) is 0 Å². The fourth-order valence-electron chi connectivity index (χ4n) is 2.95. The van der Waals surface area contributed by atoms with Gasteiger partial charge in [0.2, 0.25) is 0 Å². The van der Waals surface area contributed by atoms with E-state index in [1.54, 1.807) is 11.3 Å². The molecule has 1 fully saturated rings. The van der Waals surface area contributed by atoms with Crippen LogP contribution >= 0.6 is 27.3 Å². The summed E-state index contributed by atoms with van der Waals surface area (Å²) in [5.74, 6) is 0.413. The highest BCUT2D eigenvalue weighted by Crippen LogP contribution is 2.39. The van der Waals surface area contributed by atoms with Gasteiger partial charge in [0, 0.05) is 9.35 Å². The molecule has 1 nitrogen and oxygen atoms in total. The van der Waals surface area contributed by atoms with Gasteiger partial charge < -0.3 is 5.32 Å². The fourth-order valence-corrected chi connectivity index (χ4v) is 4.16. The highest BCUT2D eigenvalue weighted by Gasteiger charge is 2.27. The normalized spacial score (nSPS) is 17.3. The Balaban J connectivity index is 1.86. The molecule has 0 radical (unpaired) electrons. The summed E-state index contributed by atoms with van der Waals surface area (Å²) in [6, 6.07) is 9.66. The average Bonchev–Trinajstić information content (AvgIpc) is 3.11. The first-order valence-corrected chi connectivity index (χ1v) is 8.66. The number of hydrogen-bond donors (Lipinski definition) is 1. The van der Waals surface area contributed by atoms with Gasteiger partial charge in [0.25, 0.3) is 0 Å². The molecule has 1 aliphatic rings. The van der Waals surface area contributed by atoms with Crippen molar-refractivity contribution >= 4 is 33.0 Å². The Labute approximate surface area is 131 Å². The minimum Gasteiger partial charge on any atom is -0.375 e. The molecule has 0 bridgehead atoms. The molecule has 1 aliphatic carbocycles. The van der Waals surface area contributed by atoms with Crippen molar-refractivity contribution in [2.24, 2.45) is 5.92 Å². The molecule has 20 heavy (non-hydrogen) atoms. The van der Waals surface area contributed by atoms with Crippen LogP contribution in [0, 0.1) is 11.7 Å². The molecular weight excluding hydrogens is 337 g/mol. The van der Waals surface area contributed by atoms with Gasteiger partial charge in [-0.2, -0.15) is 0 Å². The van der Waals surface area contributed by atoms with Crippen molar-refractivity contribution in [1.82, 2.24) is 0 Å². The Morgan fingerprint density at radius 1 is 1.25 bits per heavy atom. The minimum atomic E-state index is -0.195. The molecule has 0 saturated heterocycles. The number of anilines is 1. The molecule has 1 saturated carbocycles. The predicted octanol–water partition coefficient (Wildman–Crippen LogP) is 5.99. The van der Waals surface area contributed by atoms with E-state index in [0.717, 1.165) is 4.47 Å². The molecule has 1 aromatic heterocycles. The fraction of sp³-hybridized carbons (Fsp3) is 0.375. The van der Waals surface area contributed by atoms with Gasteiger partial charge in [-0.15, -0.1) is 11.3 Å². The molecule has 3 rings (SSSR count). The minimum absolute atomic E-state index is 0.195. The molecule has 1 atom stereocenters. The van der Waals surface area contributed by atoms with E-state index in [0.29, 0.717) is 11.6 Å². The zero-order valence-electron chi connectivity index (χ0n) is 11.1. The van der Waals surface area contributed by atoms with Crippen molar-refractivity contribution in [1.29, 1.82) is 0 Å². The number of halogens is 2. The van der Waals surface area contributed by atoms with E-state index >= 15 is 0 Å². The van der Waals surface area contributed by atoms with Crippen molar-refractivity contribution in [3.8, 4) is 0 Å². The van der Waals surface area contributed by atoms with Crippen molar-refractivity contribution in [2.75, 3.05) is 5.32 Å². The standard InChI is InChI=1S/C16H17BrFNS/c17-12-7-8-14(13(18)10-12)19-16(11-4-1-2-5-11)15-6-3-9-20-15/h3,6-11,16,19H,1-2,4-5H2. The quantitative estimate of drug-likeness (QED) is 0.711. The summed E-state index contributed by atoms with van der Waals surface area (Å²) in [5.41, 5.74) is 0.596. The Bertz CT molecular complexity index is 564. The molecule has 0 aliphatic heterocycles. The number of hydrogen-bond acceptors (Lipinski definition) is 2. The second-order valence-electron chi connectivity index (χ2n) is 5.31. The Kier molecular flexibility index (Phi) is 4.41. The van der Waals surface area contributed by atoms with E-state index in [1.807, 2.05) is 12.1 Å². The third-order valence-corrected chi connectivity index (χ3v) is 5.41. The van der Waals surface area contributed by atoms with Crippen molar-refractivity contribution < 1.29 is 4.39 Å². The van der Waals surface area contributed by atoms with Crippen LogP contribution in [0.1, 0.15) is 36.6 Å². The molecule has 0 spiro atoms. The van der Waals surface area contributed by atoms with Crippen LogP contribution in [0.5, 0.6) is 0 Å².